The van der Waals surface area contributed by atoms with Crippen LogP contribution in [0.5, 0.6) is 5.88 Å². The third kappa shape index (κ3) is 2.47. The standard InChI is InChI=1S/C14H19N3O4/c1-20-12-8-15-7-9(16-12)13(19)17-10-6-11(18)14(10)2-4-21-5-3-14/h7-8,10-11,18H,2-6H2,1H3,(H,17,19)/t10-,11-/m1/s1. The van der Waals surface area contributed by atoms with E-state index in [4.69, 9.17) is 9.47 Å². The van der Waals surface area contributed by atoms with Crippen molar-refractivity contribution in [3.8, 4) is 5.88 Å². The van der Waals surface area contributed by atoms with Crippen LogP contribution < -0.4 is 10.1 Å². The van der Waals surface area contributed by atoms with Crippen LogP contribution >= 0.6 is 0 Å². The third-order valence-electron chi connectivity index (χ3n) is 4.60. The van der Waals surface area contributed by atoms with Crippen molar-refractivity contribution in [3.05, 3.63) is 18.1 Å². The van der Waals surface area contributed by atoms with E-state index >= 15 is 0 Å². The molecule has 7 nitrogen and oxygen atoms in total. The molecule has 0 unspecified atom stereocenters. The second-order valence-corrected chi connectivity index (χ2v) is 5.57. The van der Waals surface area contributed by atoms with Gasteiger partial charge in [-0.25, -0.2) is 4.98 Å². The molecule has 3 rings (SSSR count). The maximum Gasteiger partial charge on any atom is 0.271 e. The van der Waals surface area contributed by atoms with Crippen LogP contribution in [-0.2, 0) is 4.74 Å². The zero-order valence-corrected chi connectivity index (χ0v) is 11.9. The molecule has 0 aromatic carbocycles. The van der Waals surface area contributed by atoms with Gasteiger partial charge < -0.3 is 19.9 Å². The maximum absolute atomic E-state index is 12.3. The first-order valence-electron chi connectivity index (χ1n) is 7.08. The molecule has 1 aromatic rings. The quantitative estimate of drug-likeness (QED) is 0.823. The van der Waals surface area contributed by atoms with Crippen LogP contribution in [0.1, 0.15) is 29.8 Å². The molecule has 1 aliphatic carbocycles. The van der Waals surface area contributed by atoms with Crippen LogP contribution in [0.15, 0.2) is 12.4 Å². The molecular formula is C14H19N3O4. The van der Waals surface area contributed by atoms with Crippen molar-refractivity contribution in [3.63, 3.8) is 0 Å². The Hall–Kier alpha value is -1.73. The Bertz CT molecular complexity index is 531. The molecule has 1 aliphatic heterocycles. The highest BCUT2D eigenvalue weighted by atomic mass is 16.5. The van der Waals surface area contributed by atoms with Gasteiger partial charge in [0.05, 0.1) is 25.6 Å². The minimum absolute atomic E-state index is 0.0445. The molecule has 1 saturated carbocycles. The zero-order chi connectivity index (χ0) is 14.9. The largest absolute Gasteiger partial charge is 0.480 e. The molecule has 1 saturated heterocycles. The SMILES string of the molecule is COc1cncc(C(=O)N[C@@H]2C[C@@H](O)C23CCOCC3)n1. The van der Waals surface area contributed by atoms with Crippen molar-refractivity contribution in [1.82, 2.24) is 15.3 Å². The van der Waals surface area contributed by atoms with Gasteiger partial charge in [0.25, 0.3) is 5.91 Å². The van der Waals surface area contributed by atoms with Gasteiger partial charge in [-0.3, -0.25) is 9.78 Å². The Balaban J connectivity index is 1.69. The summed E-state index contributed by atoms with van der Waals surface area (Å²) in [5, 5.41) is 13.1. The van der Waals surface area contributed by atoms with Gasteiger partial charge in [-0.05, 0) is 19.3 Å². The van der Waals surface area contributed by atoms with Gasteiger partial charge in [0.2, 0.25) is 5.88 Å². The average Bonchev–Trinajstić information content (AvgIpc) is 2.55. The number of carbonyl (C=O) groups excluding carboxylic acids is 1. The first-order chi connectivity index (χ1) is 10.2. The smallest absolute Gasteiger partial charge is 0.271 e. The topological polar surface area (TPSA) is 93.6 Å². The predicted octanol–water partition coefficient (Wildman–Crippen LogP) is 0.145. The lowest BCUT2D eigenvalue weighted by molar-refractivity contribution is -0.145. The van der Waals surface area contributed by atoms with Crippen LogP contribution in [0.4, 0.5) is 0 Å². The summed E-state index contributed by atoms with van der Waals surface area (Å²) in [7, 11) is 1.48. The molecule has 2 atom stereocenters. The molecule has 0 radical (unpaired) electrons. The Labute approximate surface area is 122 Å². The lowest BCUT2D eigenvalue weighted by Crippen LogP contribution is -2.65. The number of aliphatic hydroxyl groups is 1. The van der Waals surface area contributed by atoms with Crippen molar-refractivity contribution < 1.29 is 19.4 Å². The number of aliphatic hydroxyl groups excluding tert-OH is 1. The van der Waals surface area contributed by atoms with E-state index in [1.807, 2.05) is 0 Å². The maximum atomic E-state index is 12.3. The number of rotatable bonds is 3. The van der Waals surface area contributed by atoms with Gasteiger partial charge in [0.1, 0.15) is 5.69 Å². The molecule has 0 bridgehead atoms. The highest BCUT2D eigenvalue weighted by Gasteiger charge is 2.55. The van der Waals surface area contributed by atoms with E-state index in [1.165, 1.54) is 19.5 Å². The summed E-state index contributed by atoms with van der Waals surface area (Å²) in [6, 6.07) is -0.0445. The van der Waals surface area contributed by atoms with Crippen LogP contribution in [-0.4, -0.2) is 53.5 Å². The van der Waals surface area contributed by atoms with Gasteiger partial charge in [0, 0.05) is 24.7 Å². The highest BCUT2D eigenvalue weighted by Crippen LogP contribution is 2.48. The first-order valence-corrected chi connectivity index (χ1v) is 7.08. The van der Waals surface area contributed by atoms with E-state index in [2.05, 4.69) is 15.3 Å². The Kier molecular flexibility index (Phi) is 3.77. The molecular weight excluding hydrogens is 274 g/mol. The Morgan fingerprint density at radius 1 is 1.48 bits per heavy atom. The van der Waals surface area contributed by atoms with Gasteiger partial charge >= 0.3 is 0 Å². The fourth-order valence-electron chi connectivity index (χ4n) is 3.19. The van der Waals surface area contributed by atoms with Crippen LogP contribution in [0, 0.1) is 5.41 Å². The lowest BCUT2D eigenvalue weighted by Gasteiger charge is -2.55. The molecule has 7 heteroatoms. The van der Waals surface area contributed by atoms with E-state index in [1.54, 1.807) is 0 Å². The van der Waals surface area contributed by atoms with E-state index in [0.717, 1.165) is 12.8 Å². The summed E-state index contributed by atoms with van der Waals surface area (Å²) in [6.45, 7) is 1.25. The summed E-state index contributed by atoms with van der Waals surface area (Å²) in [5.41, 5.74) is -0.0295. The summed E-state index contributed by atoms with van der Waals surface area (Å²) in [5.74, 6) is 0.0150. The zero-order valence-electron chi connectivity index (χ0n) is 11.9. The van der Waals surface area contributed by atoms with Crippen molar-refractivity contribution in [2.24, 2.45) is 5.41 Å². The number of carbonyl (C=O) groups is 1. The molecule has 114 valence electrons. The van der Waals surface area contributed by atoms with Crippen LogP contribution in [0.25, 0.3) is 0 Å². The van der Waals surface area contributed by atoms with Crippen molar-refractivity contribution in [1.29, 1.82) is 0 Å². The summed E-state index contributed by atoms with van der Waals surface area (Å²) in [4.78, 5) is 20.3. The van der Waals surface area contributed by atoms with Crippen molar-refractivity contribution >= 4 is 5.91 Å². The number of nitrogens with one attached hydrogen (secondary N) is 1. The molecule has 2 aliphatic rings. The number of ether oxygens (including phenoxy) is 2. The minimum Gasteiger partial charge on any atom is -0.480 e. The van der Waals surface area contributed by atoms with Crippen LogP contribution in [0.2, 0.25) is 0 Å². The first kappa shape index (κ1) is 14.2. The molecule has 1 amide bonds. The predicted molar refractivity (Wildman–Crippen MR) is 72.9 cm³/mol. The van der Waals surface area contributed by atoms with Gasteiger partial charge in [-0.15, -0.1) is 0 Å². The second-order valence-electron chi connectivity index (χ2n) is 5.57. The highest BCUT2D eigenvalue weighted by molar-refractivity contribution is 5.92. The van der Waals surface area contributed by atoms with Gasteiger partial charge in [-0.2, -0.15) is 0 Å². The molecule has 21 heavy (non-hydrogen) atoms. The second kappa shape index (κ2) is 5.57. The summed E-state index contributed by atoms with van der Waals surface area (Å²) in [6.07, 6.45) is 4.59. The van der Waals surface area contributed by atoms with Crippen LogP contribution in [0.3, 0.4) is 0 Å². The molecule has 2 heterocycles. The molecule has 1 aromatic heterocycles. The Morgan fingerprint density at radius 2 is 2.24 bits per heavy atom. The third-order valence-corrected chi connectivity index (χ3v) is 4.60. The number of nitrogens with zero attached hydrogens (tertiary/aromatic N) is 2. The molecule has 2 N–H and O–H groups in total. The number of aromatic nitrogens is 2. The minimum atomic E-state index is -0.372. The monoisotopic (exact) mass is 293 g/mol. The molecule has 1 spiro atoms. The normalized spacial score (nSPS) is 27.0. The van der Waals surface area contributed by atoms with E-state index in [0.29, 0.717) is 25.5 Å². The van der Waals surface area contributed by atoms with E-state index in [9.17, 15) is 9.90 Å². The van der Waals surface area contributed by atoms with E-state index < -0.39 is 0 Å². The fourth-order valence-corrected chi connectivity index (χ4v) is 3.19. The summed E-state index contributed by atoms with van der Waals surface area (Å²) < 4.78 is 10.3. The fraction of sp³-hybridized carbons (Fsp3) is 0.643. The number of hydrogen-bond donors (Lipinski definition) is 2. The number of methoxy groups -OCH3 is 1. The summed E-state index contributed by atoms with van der Waals surface area (Å²) >= 11 is 0. The van der Waals surface area contributed by atoms with Gasteiger partial charge in [0.15, 0.2) is 0 Å². The average molecular weight is 293 g/mol. The van der Waals surface area contributed by atoms with Crippen molar-refractivity contribution in [2.75, 3.05) is 20.3 Å². The number of hydrogen-bond acceptors (Lipinski definition) is 6. The number of amides is 1. The van der Waals surface area contributed by atoms with E-state index in [-0.39, 0.29) is 29.2 Å². The van der Waals surface area contributed by atoms with Gasteiger partial charge in [-0.1, -0.05) is 0 Å². The Morgan fingerprint density at radius 3 is 2.90 bits per heavy atom. The lowest BCUT2D eigenvalue weighted by atomic mass is 9.58. The van der Waals surface area contributed by atoms with Crippen molar-refractivity contribution in [2.45, 2.75) is 31.4 Å². The molecule has 2 fully saturated rings.